The molecule has 2 aliphatic rings. The molecule has 2 fully saturated rings. The van der Waals surface area contributed by atoms with E-state index in [1.54, 1.807) is 0 Å². The van der Waals surface area contributed by atoms with E-state index in [2.05, 4.69) is 53.3 Å². The lowest BCUT2D eigenvalue weighted by Gasteiger charge is -2.36. The molecule has 6 nitrogen and oxygen atoms in total. The van der Waals surface area contributed by atoms with Crippen LogP contribution in [-0.2, 0) is 5.41 Å². The maximum Gasteiger partial charge on any atom is 0.317 e. The molecule has 6 heteroatoms. The second-order valence-electron chi connectivity index (χ2n) is 8.66. The van der Waals surface area contributed by atoms with Gasteiger partial charge in [-0.05, 0) is 25.3 Å². The third kappa shape index (κ3) is 4.36. The molecule has 0 bridgehead atoms. The van der Waals surface area contributed by atoms with Crippen molar-refractivity contribution in [1.29, 1.82) is 0 Å². The van der Waals surface area contributed by atoms with Gasteiger partial charge in [-0.25, -0.2) is 14.8 Å². The molecule has 1 aliphatic heterocycles. The second-order valence-corrected chi connectivity index (χ2v) is 8.66. The number of nitrogens with one attached hydrogen (secondary N) is 1. The summed E-state index contributed by atoms with van der Waals surface area (Å²) < 4.78 is 0. The molecule has 1 saturated heterocycles. The minimum Gasteiger partial charge on any atom is -0.353 e. The van der Waals surface area contributed by atoms with Crippen LogP contribution in [0.25, 0.3) is 0 Å². The van der Waals surface area contributed by atoms with Crippen molar-refractivity contribution < 1.29 is 4.79 Å². The van der Waals surface area contributed by atoms with Crippen LogP contribution in [0, 0.1) is 6.92 Å². The molecule has 4 rings (SSSR count). The zero-order chi connectivity index (χ0) is 20.4. The molecule has 1 N–H and O–H groups in total. The Morgan fingerprint density at radius 1 is 1.10 bits per heavy atom. The number of nitrogens with zero attached hydrogens (tertiary/aromatic N) is 4. The fourth-order valence-electron chi connectivity index (χ4n) is 4.00. The number of hydrogen-bond donors (Lipinski definition) is 1. The standard InChI is InChI=1S/C23H31N5O/c1-17(2)21-25-18(3)15-20(26-21)27-11-13-28(14-12-27)22(29)24-16-23(9-10-23)19-7-5-4-6-8-19/h4-8,15,17H,9-14,16H2,1-3H3,(H,24,29). The molecule has 1 aromatic carbocycles. The Balaban J connectivity index is 1.31. The highest BCUT2D eigenvalue weighted by Gasteiger charge is 2.44. The number of carbonyl (C=O) groups is 1. The smallest absolute Gasteiger partial charge is 0.317 e. The van der Waals surface area contributed by atoms with Gasteiger partial charge in [0.2, 0.25) is 0 Å². The summed E-state index contributed by atoms with van der Waals surface area (Å²) in [6.45, 7) is 9.98. The number of benzene rings is 1. The molecule has 0 unspecified atom stereocenters. The van der Waals surface area contributed by atoms with Crippen LogP contribution in [-0.4, -0.2) is 53.6 Å². The number of aromatic nitrogens is 2. The number of piperazine rings is 1. The predicted molar refractivity (Wildman–Crippen MR) is 115 cm³/mol. The van der Waals surface area contributed by atoms with Crippen molar-refractivity contribution in [1.82, 2.24) is 20.2 Å². The monoisotopic (exact) mass is 393 g/mol. The third-order valence-corrected chi connectivity index (χ3v) is 6.08. The van der Waals surface area contributed by atoms with E-state index < -0.39 is 0 Å². The normalized spacial score (nSPS) is 18.1. The van der Waals surface area contributed by atoms with Crippen LogP contribution < -0.4 is 10.2 Å². The van der Waals surface area contributed by atoms with E-state index in [-0.39, 0.29) is 11.4 Å². The quantitative estimate of drug-likeness (QED) is 0.845. The SMILES string of the molecule is Cc1cc(N2CCN(C(=O)NCC3(c4ccccc4)CC3)CC2)nc(C(C)C)n1. The molecule has 29 heavy (non-hydrogen) atoms. The first-order chi connectivity index (χ1) is 14.0. The zero-order valence-corrected chi connectivity index (χ0v) is 17.7. The lowest BCUT2D eigenvalue weighted by molar-refractivity contribution is 0.193. The Morgan fingerprint density at radius 3 is 2.41 bits per heavy atom. The van der Waals surface area contributed by atoms with Gasteiger partial charge in [-0.2, -0.15) is 0 Å². The molecular formula is C23H31N5O. The van der Waals surface area contributed by atoms with Crippen LogP contribution >= 0.6 is 0 Å². The molecule has 2 amide bonds. The summed E-state index contributed by atoms with van der Waals surface area (Å²) >= 11 is 0. The summed E-state index contributed by atoms with van der Waals surface area (Å²) in [4.78, 5) is 26.2. The fourth-order valence-corrected chi connectivity index (χ4v) is 4.00. The highest BCUT2D eigenvalue weighted by Crippen LogP contribution is 2.47. The summed E-state index contributed by atoms with van der Waals surface area (Å²) in [5.74, 6) is 2.16. The van der Waals surface area contributed by atoms with Crippen molar-refractivity contribution >= 4 is 11.8 Å². The van der Waals surface area contributed by atoms with Crippen molar-refractivity contribution in [2.24, 2.45) is 0 Å². The summed E-state index contributed by atoms with van der Waals surface area (Å²) in [5.41, 5.74) is 2.48. The van der Waals surface area contributed by atoms with Crippen LogP contribution in [0.3, 0.4) is 0 Å². The largest absolute Gasteiger partial charge is 0.353 e. The topological polar surface area (TPSA) is 61.4 Å². The van der Waals surface area contributed by atoms with Crippen LogP contribution in [0.15, 0.2) is 36.4 Å². The lowest BCUT2D eigenvalue weighted by Crippen LogP contribution is -2.53. The second kappa shape index (κ2) is 8.01. The Bertz CT molecular complexity index is 855. The molecule has 0 spiro atoms. The van der Waals surface area contributed by atoms with E-state index in [1.165, 1.54) is 5.56 Å². The van der Waals surface area contributed by atoms with Gasteiger partial charge in [0.15, 0.2) is 0 Å². The Kier molecular flexibility index (Phi) is 5.43. The molecule has 1 aliphatic carbocycles. The minimum absolute atomic E-state index is 0.0496. The average molecular weight is 394 g/mol. The maximum absolute atomic E-state index is 12.7. The number of anilines is 1. The number of urea groups is 1. The van der Waals surface area contributed by atoms with Crippen molar-refractivity contribution in [3.63, 3.8) is 0 Å². The number of carbonyl (C=O) groups excluding carboxylic acids is 1. The van der Waals surface area contributed by atoms with Gasteiger partial charge in [0.1, 0.15) is 11.6 Å². The van der Waals surface area contributed by atoms with Gasteiger partial charge in [-0.3, -0.25) is 0 Å². The van der Waals surface area contributed by atoms with E-state index in [0.717, 1.165) is 49.8 Å². The molecule has 2 heterocycles. The van der Waals surface area contributed by atoms with E-state index in [1.807, 2.05) is 24.0 Å². The summed E-state index contributed by atoms with van der Waals surface area (Å²) in [6.07, 6.45) is 2.30. The van der Waals surface area contributed by atoms with Crippen molar-refractivity contribution in [3.05, 3.63) is 53.5 Å². The van der Waals surface area contributed by atoms with Gasteiger partial charge in [0, 0.05) is 55.8 Å². The van der Waals surface area contributed by atoms with Crippen molar-refractivity contribution in [3.8, 4) is 0 Å². The lowest BCUT2D eigenvalue weighted by atomic mass is 9.96. The summed E-state index contributed by atoms with van der Waals surface area (Å²) in [5, 5.41) is 3.18. The van der Waals surface area contributed by atoms with Gasteiger partial charge < -0.3 is 15.1 Å². The van der Waals surface area contributed by atoms with Gasteiger partial charge in [0.25, 0.3) is 0 Å². The number of aryl methyl sites for hydroxylation is 1. The van der Waals surface area contributed by atoms with Gasteiger partial charge in [0.05, 0.1) is 0 Å². The predicted octanol–water partition coefficient (Wildman–Crippen LogP) is 3.47. The van der Waals surface area contributed by atoms with E-state index in [9.17, 15) is 4.79 Å². The molecular weight excluding hydrogens is 362 g/mol. The van der Waals surface area contributed by atoms with Crippen LogP contribution in [0.5, 0.6) is 0 Å². The highest BCUT2D eigenvalue weighted by atomic mass is 16.2. The minimum atomic E-state index is 0.0496. The van der Waals surface area contributed by atoms with Crippen LogP contribution in [0.4, 0.5) is 10.6 Å². The van der Waals surface area contributed by atoms with Crippen molar-refractivity contribution in [2.45, 2.75) is 44.9 Å². The van der Waals surface area contributed by atoms with Crippen molar-refractivity contribution in [2.75, 3.05) is 37.6 Å². The molecule has 154 valence electrons. The first-order valence-electron chi connectivity index (χ1n) is 10.7. The number of rotatable bonds is 5. The number of hydrogen-bond acceptors (Lipinski definition) is 4. The third-order valence-electron chi connectivity index (χ3n) is 6.08. The molecule has 1 saturated carbocycles. The van der Waals surface area contributed by atoms with Crippen LogP contribution in [0.1, 0.15) is 49.7 Å². The summed E-state index contributed by atoms with van der Waals surface area (Å²) in [6, 6.07) is 12.6. The fraction of sp³-hybridized carbons (Fsp3) is 0.522. The van der Waals surface area contributed by atoms with Gasteiger partial charge in [-0.1, -0.05) is 44.2 Å². The van der Waals surface area contributed by atoms with E-state index in [4.69, 9.17) is 4.98 Å². The molecule has 0 radical (unpaired) electrons. The summed E-state index contributed by atoms with van der Waals surface area (Å²) in [7, 11) is 0. The number of amides is 2. The molecule has 0 atom stereocenters. The van der Waals surface area contributed by atoms with Crippen LogP contribution in [0.2, 0.25) is 0 Å². The van der Waals surface area contributed by atoms with Gasteiger partial charge in [-0.15, -0.1) is 0 Å². The highest BCUT2D eigenvalue weighted by molar-refractivity contribution is 5.74. The van der Waals surface area contributed by atoms with E-state index in [0.29, 0.717) is 19.0 Å². The Hall–Kier alpha value is -2.63. The Morgan fingerprint density at radius 2 is 1.79 bits per heavy atom. The Labute approximate surface area is 173 Å². The zero-order valence-electron chi connectivity index (χ0n) is 17.7. The molecule has 2 aromatic rings. The molecule has 1 aromatic heterocycles. The average Bonchev–Trinajstić information content (AvgIpc) is 3.53. The first kappa shape index (κ1) is 19.7. The van der Waals surface area contributed by atoms with E-state index >= 15 is 0 Å². The first-order valence-corrected chi connectivity index (χ1v) is 10.7. The van der Waals surface area contributed by atoms with Gasteiger partial charge >= 0.3 is 6.03 Å². The maximum atomic E-state index is 12.7.